The minimum Gasteiger partial charge on any atom is -0.504 e. The smallest absolute Gasteiger partial charge is 0.504 e. The number of ether oxygens (including phenoxy) is 1. The van der Waals surface area contributed by atoms with Crippen molar-refractivity contribution in [3.8, 4) is 11.5 Å². The van der Waals surface area contributed by atoms with Crippen LogP contribution in [0, 0.1) is 5.82 Å². The van der Waals surface area contributed by atoms with Crippen LogP contribution >= 0.6 is 0 Å². The Bertz CT molecular complexity index is 390. The van der Waals surface area contributed by atoms with Gasteiger partial charge in [-0.05, 0) is 24.5 Å². The van der Waals surface area contributed by atoms with Crippen molar-refractivity contribution in [2.24, 2.45) is 0 Å². The van der Waals surface area contributed by atoms with Crippen LogP contribution in [-0.4, -0.2) is 16.4 Å². The van der Waals surface area contributed by atoms with Crippen LogP contribution in [0.1, 0.15) is 25.3 Å². The fourth-order valence-electron chi connectivity index (χ4n) is 1.34. The number of carboxylic acid groups (broad SMARTS) is 1. The first-order chi connectivity index (χ1) is 7.56. The van der Waals surface area contributed by atoms with Gasteiger partial charge in [0, 0.05) is 0 Å². The molecule has 0 aliphatic heterocycles. The second kappa shape index (κ2) is 5.34. The van der Waals surface area contributed by atoms with Gasteiger partial charge in [-0.1, -0.05) is 19.4 Å². The highest BCUT2D eigenvalue weighted by atomic mass is 19.1. The Morgan fingerprint density at radius 1 is 1.50 bits per heavy atom. The molecule has 0 saturated heterocycles. The van der Waals surface area contributed by atoms with Gasteiger partial charge >= 0.3 is 6.16 Å². The Balaban J connectivity index is 3.01. The molecule has 0 saturated carbocycles. The Morgan fingerprint density at radius 2 is 2.19 bits per heavy atom. The summed E-state index contributed by atoms with van der Waals surface area (Å²) in [7, 11) is 0. The van der Waals surface area contributed by atoms with Gasteiger partial charge in [-0.15, -0.1) is 0 Å². The zero-order valence-corrected chi connectivity index (χ0v) is 8.86. The summed E-state index contributed by atoms with van der Waals surface area (Å²) in [6.45, 7) is 1.98. The van der Waals surface area contributed by atoms with E-state index in [0.29, 0.717) is 12.0 Å². The van der Waals surface area contributed by atoms with Crippen LogP contribution in [0.4, 0.5) is 9.18 Å². The van der Waals surface area contributed by atoms with Crippen molar-refractivity contribution in [1.82, 2.24) is 0 Å². The highest BCUT2D eigenvalue weighted by Gasteiger charge is 2.16. The summed E-state index contributed by atoms with van der Waals surface area (Å²) >= 11 is 0. The van der Waals surface area contributed by atoms with E-state index >= 15 is 0 Å². The van der Waals surface area contributed by atoms with E-state index < -0.39 is 23.5 Å². The molecule has 0 heterocycles. The van der Waals surface area contributed by atoms with Crippen LogP contribution in [0.2, 0.25) is 0 Å². The number of benzene rings is 1. The lowest BCUT2D eigenvalue weighted by Crippen LogP contribution is -2.05. The molecule has 0 bridgehead atoms. The molecule has 0 fully saturated rings. The predicted molar refractivity (Wildman–Crippen MR) is 55.3 cm³/mol. The molecule has 16 heavy (non-hydrogen) atoms. The fourth-order valence-corrected chi connectivity index (χ4v) is 1.34. The van der Waals surface area contributed by atoms with Crippen LogP contribution < -0.4 is 4.74 Å². The second-order valence-electron chi connectivity index (χ2n) is 3.36. The highest BCUT2D eigenvalue weighted by Crippen LogP contribution is 2.33. The van der Waals surface area contributed by atoms with Gasteiger partial charge in [-0.25, -0.2) is 9.18 Å². The van der Waals surface area contributed by atoms with E-state index in [1.165, 1.54) is 6.07 Å². The van der Waals surface area contributed by atoms with E-state index in [4.69, 9.17) is 5.11 Å². The van der Waals surface area contributed by atoms with Crippen molar-refractivity contribution in [3.05, 3.63) is 23.5 Å². The molecule has 1 rings (SSSR count). The monoisotopic (exact) mass is 228 g/mol. The molecule has 0 spiro atoms. The summed E-state index contributed by atoms with van der Waals surface area (Å²) in [6.07, 6.45) is 0.651. The number of aromatic hydroxyl groups is 1. The number of phenolic OH excluding ortho intramolecular Hbond substituents is 1. The number of phenols is 1. The van der Waals surface area contributed by atoms with E-state index in [-0.39, 0.29) is 0 Å². The first-order valence-corrected chi connectivity index (χ1v) is 4.97. The number of carbonyl (C=O) groups is 1. The molecule has 4 nitrogen and oxygen atoms in total. The first kappa shape index (κ1) is 12.3. The molecule has 0 aliphatic carbocycles. The summed E-state index contributed by atoms with van der Waals surface area (Å²) in [4.78, 5) is 10.3. The molecular weight excluding hydrogens is 215 g/mol. The average Bonchev–Trinajstić information content (AvgIpc) is 2.23. The minimum atomic E-state index is -1.65. The van der Waals surface area contributed by atoms with Crippen molar-refractivity contribution >= 4 is 6.16 Å². The van der Waals surface area contributed by atoms with Gasteiger partial charge in [-0.3, -0.25) is 0 Å². The standard InChI is InChI=1S/C11H13FO4/c1-2-3-4-7-5-6-8(12)10(9(7)13)16-11(14)15/h5-6,13H,2-4H2,1H3,(H,14,15). The lowest BCUT2D eigenvalue weighted by molar-refractivity contribution is 0.140. The Kier molecular flexibility index (Phi) is 4.10. The molecule has 0 radical (unpaired) electrons. The fraction of sp³-hybridized carbons (Fsp3) is 0.364. The van der Waals surface area contributed by atoms with Gasteiger partial charge < -0.3 is 14.9 Å². The molecule has 0 atom stereocenters. The molecule has 1 aromatic rings. The Labute approximate surface area is 92.3 Å². The zero-order chi connectivity index (χ0) is 12.1. The average molecular weight is 228 g/mol. The first-order valence-electron chi connectivity index (χ1n) is 4.97. The van der Waals surface area contributed by atoms with E-state index in [0.717, 1.165) is 18.9 Å². The number of hydrogen-bond donors (Lipinski definition) is 2. The summed E-state index contributed by atoms with van der Waals surface area (Å²) < 4.78 is 17.4. The number of halogens is 1. The molecule has 0 unspecified atom stereocenters. The molecule has 1 aromatic carbocycles. The quantitative estimate of drug-likeness (QED) is 0.614. The Hall–Kier alpha value is -1.78. The third-order valence-corrected chi connectivity index (χ3v) is 2.16. The Morgan fingerprint density at radius 3 is 2.75 bits per heavy atom. The topological polar surface area (TPSA) is 66.8 Å². The van der Waals surface area contributed by atoms with Gasteiger partial charge in [0.2, 0.25) is 5.75 Å². The van der Waals surface area contributed by atoms with Gasteiger partial charge in [0.05, 0.1) is 0 Å². The predicted octanol–water partition coefficient (Wildman–Crippen LogP) is 2.93. The maximum atomic E-state index is 13.2. The molecule has 0 aliphatic rings. The number of aryl methyl sites for hydroxylation is 1. The van der Waals surface area contributed by atoms with Gasteiger partial charge in [0.15, 0.2) is 11.6 Å². The summed E-state index contributed by atoms with van der Waals surface area (Å²) in [5.41, 5.74) is 0.486. The van der Waals surface area contributed by atoms with Crippen LogP contribution in [-0.2, 0) is 6.42 Å². The molecule has 0 amide bonds. The second-order valence-corrected chi connectivity index (χ2v) is 3.36. The lowest BCUT2D eigenvalue weighted by atomic mass is 10.1. The largest absolute Gasteiger partial charge is 0.511 e. The van der Waals surface area contributed by atoms with Gasteiger partial charge in [0.1, 0.15) is 0 Å². The minimum absolute atomic E-state index is 0.434. The molecule has 0 aromatic heterocycles. The SMILES string of the molecule is CCCCc1ccc(F)c(OC(=O)O)c1O. The van der Waals surface area contributed by atoms with Crippen molar-refractivity contribution in [2.75, 3.05) is 0 Å². The van der Waals surface area contributed by atoms with Crippen LogP contribution in [0.25, 0.3) is 0 Å². The summed E-state index contributed by atoms with van der Waals surface area (Å²) in [5.74, 6) is -1.95. The van der Waals surface area contributed by atoms with E-state index in [2.05, 4.69) is 4.74 Å². The molecule has 88 valence electrons. The maximum Gasteiger partial charge on any atom is 0.511 e. The zero-order valence-electron chi connectivity index (χ0n) is 8.86. The van der Waals surface area contributed by atoms with Crippen molar-refractivity contribution in [2.45, 2.75) is 26.2 Å². The van der Waals surface area contributed by atoms with Crippen molar-refractivity contribution in [1.29, 1.82) is 0 Å². The van der Waals surface area contributed by atoms with Gasteiger partial charge in [-0.2, -0.15) is 0 Å². The van der Waals surface area contributed by atoms with E-state index in [9.17, 15) is 14.3 Å². The van der Waals surface area contributed by atoms with Crippen LogP contribution in [0.3, 0.4) is 0 Å². The van der Waals surface area contributed by atoms with Crippen molar-refractivity contribution < 1.29 is 24.1 Å². The third kappa shape index (κ3) is 2.85. The van der Waals surface area contributed by atoms with E-state index in [1.807, 2.05) is 6.92 Å². The summed E-state index contributed by atoms with van der Waals surface area (Å²) in [5, 5.41) is 18.0. The maximum absolute atomic E-state index is 13.2. The third-order valence-electron chi connectivity index (χ3n) is 2.16. The van der Waals surface area contributed by atoms with Crippen LogP contribution in [0.5, 0.6) is 11.5 Å². The van der Waals surface area contributed by atoms with E-state index in [1.54, 1.807) is 0 Å². The van der Waals surface area contributed by atoms with Crippen LogP contribution in [0.15, 0.2) is 12.1 Å². The lowest BCUT2D eigenvalue weighted by Gasteiger charge is -2.08. The van der Waals surface area contributed by atoms with Crippen molar-refractivity contribution in [3.63, 3.8) is 0 Å². The number of rotatable bonds is 4. The summed E-state index contributed by atoms with van der Waals surface area (Å²) in [6, 6.07) is 2.51. The molecule has 2 N–H and O–H groups in total. The normalized spacial score (nSPS) is 10.1. The van der Waals surface area contributed by atoms with Gasteiger partial charge in [0.25, 0.3) is 0 Å². The molecule has 5 heteroatoms. The highest BCUT2D eigenvalue weighted by molar-refractivity contribution is 5.63. The number of hydrogen-bond acceptors (Lipinski definition) is 3. The number of unbranched alkanes of at least 4 members (excludes halogenated alkanes) is 1. The molecular formula is C11H13FO4.